The molecule has 3 N–H and O–H groups in total. The molecule has 0 saturated carbocycles. The predicted octanol–water partition coefficient (Wildman–Crippen LogP) is 3.94. The highest BCUT2D eigenvalue weighted by atomic mass is 35.5. The Morgan fingerprint density at radius 2 is 1.50 bits per heavy atom. The van der Waals surface area contributed by atoms with E-state index in [1.807, 2.05) is 18.2 Å². The van der Waals surface area contributed by atoms with E-state index in [-0.39, 0.29) is 11.9 Å². The molecule has 0 atom stereocenters. The summed E-state index contributed by atoms with van der Waals surface area (Å²) in [5.74, 6) is -0.256. The zero-order valence-electron chi connectivity index (χ0n) is 12.8. The average Bonchev–Trinajstić information content (AvgIpc) is 2.54. The maximum Gasteiger partial charge on any atom is 0.319 e. The van der Waals surface area contributed by atoms with Gasteiger partial charge in [0.25, 0.3) is 5.91 Å². The fourth-order valence-corrected chi connectivity index (χ4v) is 2.50. The zero-order valence-corrected chi connectivity index (χ0v) is 14.3. The normalized spacial score (nSPS) is 10.1. The Hall–Kier alpha value is -2.24. The number of amides is 3. The van der Waals surface area contributed by atoms with E-state index in [4.69, 9.17) is 23.2 Å². The van der Waals surface area contributed by atoms with Gasteiger partial charge in [0.2, 0.25) is 0 Å². The van der Waals surface area contributed by atoms with Crippen LogP contribution < -0.4 is 16.0 Å². The molecule has 0 fully saturated rings. The number of carbonyl (C=O) groups is 2. The van der Waals surface area contributed by atoms with Gasteiger partial charge in [0, 0.05) is 34.4 Å². The van der Waals surface area contributed by atoms with Crippen LogP contribution in [0.5, 0.6) is 0 Å². The molecule has 0 aliphatic rings. The smallest absolute Gasteiger partial charge is 0.319 e. The van der Waals surface area contributed by atoms with Crippen molar-refractivity contribution in [3.63, 3.8) is 0 Å². The minimum Gasteiger partial charge on any atom is -0.352 e. The molecule has 24 heavy (non-hydrogen) atoms. The Balaban J connectivity index is 1.65. The summed E-state index contributed by atoms with van der Waals surface area (Å²) in [4.78, 5) is 23.6. The van der Waals surface area contributed by atoms with Crippen molar-refractivity contribution in [2.24, 2.45) is 0 Å². The van der Waals surface area contributed by atoms with E-state index < -0.39 is 0 Å². The van der Waals surface area contributed by atoms with E-state index in [0.29, 0.717) is 35.1 Å². The maximum absolute atomic E-state index is 12.0. The van der Waals surface area contributed by atoms with Gasteiger partial charge in [-0.3, -0.25) is 4.79 Å². The molecule has 0 heterocycles. The third-order valence-corrected chi connectivity index (χ3v) is 3.52. The van der Waals surface area contributed by atoms with Gasteiger partial charge >= 0.3 is 6.03 Å². The summed E-state index contributed by atoms with van der Waals surface area (Å²) in [5.41, 5.74) is 1.13. The van der Waals surface area contributed by atoms with Crippen LogP contribution >= 0.6 is 23.2 Å². The highest BCUT2D eigenvalue weighted by molar-refractivity contribution is 6.35. The van der Waals surface area contributed by atoms with Crippen molar-refractivity contribution in [3.8, 4) is 0 Å². The van der Waals surface area contributed by atoms with Crippen molar-refractivity contribution in [3.05, 3.63) is 64.1 Å². The van der Waals surface area contributed by atoms with Gasteiger partial charge < -0.3 is 16.0 Å². The number of benzene rings is 2. The molecule has 0 bridgehead atoms. The van der Waals surface area contributed by atoms with Gasteiger partial charge in [-0.15, -0.1) is 0 Å². The summed E-state index contributed by atoms with van der Waals surface area (Å²) in [5, 5.41) is 9.00. The van der Waals surface area contributed by atoms with Crippen molar-refractivity contribution >= 4 is 40.8 Å². The molecular formula is C17H17Cl2N3O2. The number of hydrogen-bond acceptors (Lipinski definition) is 2. The number of carbonyl (C=O) groups excluding carboxylic acids is 2. The van der Waals surface area contributed by atoms with Gasteiger partial charge in [0.05, 0.1) is 0 Å². The second-order valence-electron chi connectivity index (χ2n) is 5.01. The number of rotatable bonds is 6. The molecule has 7 heteroatoms. The molecule has 0 saturated heterocycles. The first-order valence-corrected chi connectivity index (χ1v) is 8.14. The second-order valence-corrected chi connectivity index (χ2v) is 5.89. The number of halogens is 2. The monoisotopic (exact) mass is 365 g/mol. The standard InChI is InChI=1S/C17H17Cl2N3O2/c18-13-9-12(10-14(19)11-13)16(23)20-7-4-8-21-17(24)22-15-5-2-1-3-6-15/h1-3,5-6,9-11H,4,7-8H2,(H,20,23)(H2,21,22,24). The Labute approximate surface area is 150 Å². The lowest BCUT2D eigenvalue weighted by Gasteiger charge is -2.08. The molecule has 0 radical (unpaired) electrons. The number of nitrogens with one attached hydrogen (secondary N) is 3. The summed E-state index contributed by atoms with van der Waals surface area (Å²) in [6.07, 6.45) is 0.599. The molecule has 2 aromatic rings. The minimum atomic E-state index is -0.283. The number of urea groups is 1. The topological polar surface area (TPSA) is 70.2 Å². The highest BCUT2D eigenvalue weighted by Crippen LogP contribution is 2.18. The van der Waals surface area contributed by atoms with Gasteiger partial charge in [0.1, 0.15) is 0 Å². The Morgan fingerprint density at radius 1 is 0.875 bits per heavy atom. The summed E-state index contributed by atoms with van der Waals surface area (Å²) in [6, 6.07) is 13.5. The van der Waals surface area contributed by atoms with Crippen molar-refractivity contribution < 1.29 is 9.59 Å². The van der Waals surface area contributed by atoms with Crippen molar-refractivity contribution in [2.45, 2.75) is 6.42 Å². The van der Waals surface area contributed by atoms with Crippen molar-refractivity contribution in [1.82, 2.24) is 10.6 Å². The lowest BCUT2D eigenvalue weighted by molar-refractivity contribution is 0.0953. The molecule has 3 amide bonds. The van der Waals surface area contributed by atoms with Crippen molar-refractivity contribution in [2.75, 3.05) is 18.4 Å². The lowest BCUT2D eigenvalue weighted by atomic mass is 10.2. The summed E-state index contributed by atoms with van der Waals surface area (Å²) in [6.45, 7) is 0.865. The van der Waals surface area contributed by atoms with Gasteiger partial charge in [0.15, 0.2) is 0 Å². The molecule has 0 spiro atoms. The van der Waals surface area contributed by atoms with Crippen LogP contribution in [0.15, 0.2) is 48.5 Å². The molecule has 5 nitrogen and oxygen atoms in total. The number of hydrogen-bond donors (Lipinski definition) is 3. The van der Waals surface area contributed by atoms with Crippen LogP contribution in [-0.2, 0) is 0 Å². The van der Waals surface area contributed by atoms with Crippen LogP contribution in [0, 0.1) is 0 Å². The average molecular weight is 366 g/mol. The van der Waals surface area contributed by atoms with Crippen LogP contribution in [0.2, 0.25) is 10.0 Å². The van der Waals surface area contributed by atoms with E-state index in [2.05, 4.69) is 16.0 Å². The Morgan fingerprint density at radius 3 is 2.17 bits per heavy atom. The molecule has 2 rings (SSSR count). The van der Waals surface area contributed by atoms with Gasteiger partial charge in [-0.25, -0.2) is 4.79 Å². The van der Waals surface area contributed by atoms with E-state index in [0.717, 1.165) is 5.69 Å². The van der Waals surface area contributed by atoms with Gasteiger partial charge in [-0.2, -0.15) is 0 Å². The molecule has 0 unspecified atom stereocenters. The molecule has 2 aromatic carbocycles. The number of para-hydroxylation sites is 1. The molecular weight excluding hydrogens is 349 g/mol. The van der Waals surface area contributed by atoms with Crippen LogP contribution in [0.4, 0.5) is 10.5 Å². The predicted molar refractivity (Wildman–Crippen MR) is 96.9 cm³/mol. The SMILES string of the molecule is O=C(NCCCNC(=O)c1cc(Cl)cc(Cl)c1)Nc1ccccc1. The van der Waals surface area contributed by atoms with Crippen LogP contribution in [0.25, 0.3) is 0 Å². The van der Waals surface area contributed by atoms with Crippen LogP contribution in [0.3, 0.4) is 0 Å². The van der Waals surface area contributed by atoms with E-state index in [1.54, 1.807) is 30.3 Å². The molecule has 126 valence electrons. The van der Waals surface area contributed by atoms with Gasteiger partial charge in [-0.05, 0) is 36.8 Å². The first kappa shape index (κ1) is 18.1. The minimum absolute atomic E-state index is 0.256. The van der Waals surface area contributed by atoms with E-state index in [1.165, 1.54) is 0 Å². The molecule has 0 aliphatic carbocycles. The third-order valence-electron chi connectivity index (χ3n) is 3.08. The lowest BCUT2D eigenvalue weighted by Crippen LogP contribution is -2.32. The fourth-order valence-electron chi connectivity index (χ4n) is 1.98. The quantitative estimate of drug-likeness (QED) is 0.678. The van der Waals surface area contributed by atoms with E-state index in [9.17, 15) is 9.59 Å². The summed E-state index contributed by atoms with van der Waals surface area (Å²) < 4.78 is 0. The number of anilines is 1. The fraction of sp³-hybridized carbons (Fsp3) is 0.176. The maximum atomic E-state index is 12.0. The van der Waals surface area contributed by atoms with Crippen LogP contribution in [0.1, 0.15) is 16.8 Å². The van der Waals surface area contributed by atoms with Crippen LogP contribution in [-0.4, -0.2) is 25.0 Å². The van der Waals surface area contributed by atoms with Crippen molar-refractivity contribution in [1.29, 1.82) is 0 Å². The van der Waals surface area contributed by atoms with E-state index >= 15 is 0 Å². The largest absolute Gasteiger partial charge is 0.352 e. The van der Waals surface area contributed by atoms with Gasteiger partial charge in [-0.1, -0.05) is 41.4 Å². The first-order chi connectivity index (χ1) is 11.5. The Bertz CT molecular complexity index is 688. The second kappa shape index (κ2) is 9.15. The Kier molecular flexibility index (Phi) is 6.90. The molecule has 0 aliphatic heterocycles. The summed E-state index contributed by atoms with van der Waals surface area (Å²) in [7, 11) is 0. The summed E-state index contributed by atoms with van der Waals surface area (Å²) >= 11 is 11.7. The first-order valence-electron chi connectivity index (χ1n) is 7.39. The molecule has 0 aromatic heterocycles. The third kappa shape index (κ3) is 6.10. The zero-order chi connectivity index (χ0) is 17.4. The highest BCUT2D eigenvalue weighted by Gasteiger charge is 2.07.